The van der Waals surface area contributed by atoms with Crippen LogP contribution in [0.5, 0.6) is 5.75 Å². The lowest BCUT2D eigenvalue weighted by molar-refractivity contribution is -0.137. The number of carboxylic acid groups (broad SMARTS) is 1. The minimum atomic E-state index is -0.903. The number of hydrogen-bond donors (Lipinski definition) is 2. The van der Waals surface area contributed by atoms with Crippen molar-refractivity contribution in [3.8, 4) is 5.75 Å². The highest BCUT2D eigenvalue weighted by Crippen LogP contribution is 2.34. The number of rotatable bonds is 8. The van der Waals surface area contributed by atoms with Crippen LogP contribution in [0.15, 0.2) is 40.2 Å². The van der Waals surface area contributed by atoms with Gasteiger partial charge in [-0.2, -0.15) is 0 Å². The molecule has 0 spiro atoms. The molecule has 0 bridgehead atoms. The fourth-order valence-corrected chi connectivity index (χ4v) is 4.38. The van der Waals surface area contributed by atoms with Crippen molar-refractivity contribution < 1.29 is 19.4 Å². The lowest BCUT2D eigenvalue weighted by atomic mass is 10.2. The molecule has 7 nitrogen and oxygen atoms in total. The van der Waals surface area contributed by atoms with E-state index in [1.807, 2.05) is 18.2 Å². The van der Waals surface area contributed by atoms with Crippen molar-refractivity contribution >= 4 is 57.6 Å². The zero-order valence-electron chi connectivity index (χ0n) is 14.5. The van der Waals surface area contributed by atoms with Crippen molar-refractivity contribution in [2.45, 2.75) is 19.4 Å². The second-order valence-corrected chi connectivity index (χ2v) is 8.58. The molecule has 1 aromatic heterocycles. The van der Waals surface area contributed by atoms with Crippen LogP contribution in [0.25, 0.3) is 6.08 Å². The molecule has 2 N–H and O–H groups in total. The van der Waals surface area contributed by atoms with E-state index in [2.05, 4.69) is 4.98 Å². The predicted molar refractivity (Wildman–Crippen MR) is 112 cm³/mol. The third-order valence-electron chi connectivity index (χ3n) is 3.80. The summed E-state index contributed by atoms with van der Waals surface area (Å²) in [6.45, 7) is 0.517. The molecule has 2 aromatic rings. The number of thiazole rings is 1. The molecule has 10 heteroatoms. The Morgan fingerprint density at radius 3 is 2.82 bits per heavy atom. The lowest BCUT2D eigenvalue weighted by Crippen LogP contribution is -2.29. The molecule has 3 rings (SSSR count). The molecule has 146 valence electrons. The number of ether oxygens (including phenoxy) is 1. The number of carbonyl (C=O) groups is 2. The van der Waals surface area contributed by atoms with Gasteiger partial charge in [-0.15, -0.1) is 0 Å². The molecular formula is C18H16N2O5S3. The van der Waals surface area contributed by atoms with Gasteiger partial charge >= 0.3 is 10.8 Å². The summed E-state index contributed by atoms with van der Waals surface area (Å²) in [5, 5.41) is 8.75. The fraction of sp³-hybridized carbons (Fsp3) is 0.222. The van der Waals surface area contributed by atoms with E-state index in [1.165, 1.54) is 16.7 Å². The van der Waals surface area contributed by atoms with Crippen LogP contribution in [-0.2, 0) is 16.2 Å². The molecule has 0 radical (unpaired) electrons. The first-order valence-corrected chi connectivity index (χ1v) is 10.3. The average molecular weight is 437 g/mol. The number of carbonyl (C=O) groups excluding carboxylic acids is 1. The van der Waals surface area contributed by atoms with Crippen LogP contribution in [0.4, 0.5) is 0 Å². The molecule has 0 saturated carbocycles. The minimum Gasteiger partial charge on any atom is -0.487 e. The number of thiocarbonyl (C=S) groups is 1. The second kappa shape index (κ2) is 9.18. The highest BCUT2D eigenvalue weighted by atomic mass is 32.2. The largest absolute Gasteiger partial charge is 0.487 e. The highest BCUT2D eigenvalue weighted by molar-refractivity contribution is 8.26. The molecule has 0 unspecified atom stereocenters. The monoisotopic (exact) mass is 436 g/mol. The van der Waals surface area contributed by atoms with Gasteiger partial charge in [-0.3, -0.25) is 19.3 Å². The van der Waals surface area contributed by atoms with Crippen molar-refractivity contribution in [1.82, 2.24) is 9.88 Å². The van der Waals surface area contributed by atoms with Crippen LogP contribution < -0.4 is 9.61 Å². The van der Waals surface area contributed by atoms with E-state index < -0.39 is 5.97 Å². The number of benzene rings is 1. The predicted octanol–water partition coefficient (Wildman–Crippen LogP) is 3.08. The maximum Gasteiger partial charge on any atom is 0.304 e. The molecule has 1 aliphatic heterocycles. The Labute approximate surface area is 174 Å². The van der Waals surface area contributed by atoms with Gasteiger partial charge < -0.3 is 14.8 Å². The number of nitrogens with zero attached hydrogens (tertiary/aromatic N) is 1. The fourth-order valence-electron chi connectivity index (χ4n) is 2.49. The van der Waals surface area contributed by atoms with Crippen molar-refractivity contribution in [2.24, 2.45) is 0 Å². The Balaban J connectivity index is 1.72. The molecular weight excluding hydrogens is 420 g/mol. The molecule has 0 aliphatic carbocycles. The van der Waals surface area contributed by atoms with Crippen LogP contribution in [0.2, 0.25) is 0 Å². The van der Waals surface area contributed by atoms with E-state index >= 15 is 0 Å². The van der Waals surface area contributed by atoms with Crippen LogP contribution >= 0.6 is 35.3 Å². The summed E-state index contributed by atoms with van der Waals surface area (Å²) in [5.74, 6) is -0.557. The highest BCUT2D eigenvalue weighted by Gasteiger charge is 2.31. The molecule has 1 saturated heterocycles. The Kier molecular flexibility index (Phi) is 6.65. The molecule has 0 atom stereocenters. The van der Waals surface area contributed by atoms with Gasteiger partial charge in [0.1, 0.15) is 16.7 Å². The standard InChI is InChI=1S/C18H16N2O5S3/c21-15(22)6-3-7-20-16(23)14(28-18(20)26)8-11-4-1-2-5-13(11)25-10-12-9-19-17(24)27-12/h1-2,4-5,8-9H,3,6-7,10H2,(H,19,24)(H,21,22). The van der Waals surface area contributed by atoms with E-state index in [-0.39, 0.29) is 30.4 Å². The summed E-state index contributed by atoms with van der Waals surface area (Å²) in [6, 6.07) is 7.27. The first-order chi connectivity index (χ1) is 13.4. The quantitative estimate of drug-likeness (QED) is 0.485. The SMILES string of the molecule is O=C(O)CCCN1C(=O)C(=Cc2ccccc2OCc2c[nH]c(=O)s2)SC1=S. The average Bonchev–Trinajstić information content (AvgIpc) is 3.18. The number of hydrogen-bond acceptors (Lipinski definition) is 7. The molecule has 1 amide bonds. The number of amides is 1. The number of aromatic amines is 1. The number of aliphatic carboxylic acids is 1. The number of nitrogens with one attached hydrogen (secondary N) is 1. The van der Waals surface area contributed by atoms with Gasteiger partial charge in [0, 0.05) is 24.7 Å². The summed E-state index contributed by atoms with van der Waals surface area (Å²) in [4.78, 5) is 39.6. The second-order valence-electron chi connectivity index (χ2n) is 5.80. The Hall–Kier alpha value is -2.43. The zero-order chi connectivity index (χ0) is 20.1. The molecule has 1 aliphatic rings. The number of para-hydroxylation sites is 1. The molecule has 2 heterocycles. The van der Waals surface area contributed by atoms with Crippen molar-refractivity contribution in [3.63, 3.8) is 0 Å². The minimum absolute atomic E-state index is 0.0159. The van der Waals surface area contributed by atoms with Gasteiger partial charge in [0.2, 0.25) is 0 Å². The van der Waals surface area contributed by atoms with E-state index in [1.54, 1.807) is 18.3 Å². The Bertz CT molecular complexity index is 995. The van der Waals surface area contributed by atoms with E-state index in [0.717, 1.165) is 21.8 Å². The third-order valence-corrected chi connectivity index (χ3v) is 5.98. The third kappa shape index (κ3) is 5.09. The number of thioether (sulfide) groups is 1. The van der Waals surface area contributed by atoms with Crippen LogP contribution in [-0.4, -0.2) is 37.7 Å². The van der Waals surface area contributed by atoms with Crippen LogP contribution in [0, 0.1) is 0 Å². The number of carboxylic acids is 1. The summed E-state index contributed by atoms with van der Waals surface area (Å²) in [5.41, 5.74) is 0.719. The first-order valence-electron chi connectivity index (χ1n) is 8.30. The maximum atomic E-state index is 12.6. The van der Waals surface area contributed by atoms with E-state index in [4.69, 9.17) is 22.1 Å². The van der Waals surface area contributed by atoms with Crippen LogP contribution in [0.1, 0.15) is 23.3 Å². The normalized spacial score (nSPS) is 15.4. The maximum absolute atomic E-state index is 12.6. The number of H-pyrrole nitrogens is 1. The summed E-state index contributed by atoms with van der Waals surface area (Å²) >= 11 is 7.52. The summed E-state index contributed by atoms with van der Waals surface area (Å²) in [6.07, 6.45) is 3.65. The van der Waals surface area contributed by atoms with Gasteiger partial charge in [-0.1, -0.05) is 53.5 Å². The first kappa shape index (κ1) is 20.3. The van der Waals surface area contributed by atoms with Gasteiger partial charge in [0.15, 0.2) is 0 Å². The van der Waals surface area contributed by atoms with Crippen LogP contribution in [0.3, 0.4) is 0 Å². The van der Waals surface area contributed by atoms with Crippen molar-refractivity contribution in [3.05, 3.63) is 55.5 Å². The molecule has 28 heavy (non-hydrogen) atoms. The topological polar surface area (TPSA) is 99.7 Å². The summed E-state index contributed by atoms with van der Waals surface area (Å²) in [7, 11) is 0. The van der Waals surface area contributed by atoms with Gasteiger partial charge in [-0.25, -0.2) is 0 Å². The summed E-state index contributed by atoms with van der Waals surface area (Å²) < 4.78 is 6.22. The van der Waals surface area contributed by atoms with Crippen molar-refractivity contribution in [2.75, 3.05) is 6.54 Å². The number of aromatic nitrogens is 1. The Morgan fingerprint density at radius 1 is 1.32 bits per heavy atom. The van der Waals surface area contributed by atoms with E-state index in [0.29, 0.717) is 21.4 Å². The van der Waals surface area contributed by atoms with Gasteiger partial charge in [0.25, 0.3) is 5.91 Å². The van der Waals surface area contributed by atoms with Gasteiger partial charge in [0.05, 0.1) is 9.78 Å². The zero-order valence-corrected chi connectivity index (χ0v) is 17.0. The van der Waals surface area contributed by atoms with E-state index in [9.17, 15) is 14.4 Å². The lowest BCUT2D eigenvalue weighted by Gasteiger charge is -2.13. The smallest absolute Gasteiger partial charge is 0.304 e. The van der Waals surface area contributed by atoms with Crippen molar-refractivity contribution in [1.29, 1.82) is 0 Å². The Morgan fingerprint density at radius 2 is 2.11 bits per heavy atom. The van der Waals surface area contributed by atoms with Gasteiger partial charge in [-0.05, 0) is 18.6 Å². The molecule has 1 fully saturated rings. The molecule has 1 aromatic carbocycles.